The Morgan fingerprint density at radius 2 is 0.627 bits per heavy atom. The summed E-state index contributed by atoms with van der Waals surface area (Å²) in [6.07, 6.45) is 18.2. The van der Waals surface area contributed by atoms with Crippen molar-refractivity contribution >= 4 is 114 Å². The van der Waals surface area contributed by atoms with Gasteiger partial charge in [-0.2, -0.15) is 19.9 Å². The Morgan fingerprint density at radius 3 is 0.881 bits per heavy atom. The minimum absolute atomic E-state index is 0.0741. The number of hydrogen-bond acceptors (Lipinski definition) is 24. The lowest BCUT2D eigenvalue weighted by molar-refractivity contribution is 0.0691. The van der Waals surface area contributed by atoms with Gasteiger partial charge in [-0.25, -0.2) is 19.9 Å². The van der Waals surface area contributed by atoms with E-state index in [2.05, 4.69) is 107 Å². The number of unbranched alkanes of at least 4 members (excludes halogenated alkanes) is 1. The number of methoxy groups -OCH3 is 4. The number of nitrogen functional groups attached to an aromatic ring is 4. The van der Waals surface area contributed by atoms with Crippen LogP contribution in [0.1, 0.15) is 183 Å². The average Bonchev–Trinajstić information content (AvgIpc) is 1.64. The van der Waals surface area contributed by atoms with Gasteiger partial charge in [0.05, 0.1) is 138 Å². The summed E-state index contributed by atoms with van der Waals surface area (Å²) in [7, 11) is 6.60. The van der Waals surface area contributed by atoms with Crippen LogP contribution in [0.4, 0.5) is 23.8 Å². The van der Waals surface area contributed by atoms with E-state index in [1.807, 2.05) is 98.4 Å². The summed E-state index contributed by atoms with van der Waals surface area (Å²) in [5.41, 5.74) is 36.0. The van der Waals surface area contributed by atoms with Gasteiger partial charge in [-0.15, -0.1) is 0 Å². The minimum Gasteiger partial charge on any atom is -0.496 e. The van der Waals surface area contributed by atoms with Gasteiger partial charge >= 0.3 is 0 Å². The number of anilines is 4. The molecule has 12 aromatic rings. The second-order valence-electron chi connectivity index (χ2n) is 30.8. The molecule has 0 fully saturated rings. The fourth-order valence-corrected chi connectivity index (χ4v) is 14.0. The topological polar surface area (TPSA) is 396 Å². The van der Waals surface area contributed by atoms with E-state index >= 15 is 0 Å². The second-order valence-corrected chi connectivity index (χ2v) is 32.3. The molecule has 0 unspecified atom stereocenters. The fourth-order valence-electron chi connectivity index (χ4n) is 12.9. The normalized spacial score (nSPS) is 11.4. The van der Waals surface area contributed by atoms with Gasteiger partial charge in [-0.1, -0.05) is 93.8 Å². The molecule has 0 saturated heterocycles. The molecule has 12 N–H and O–H groups in total. The van der Waals surface area contributed by atoms with Gasteiger partial charge < -0.3 is 80.6 Å². The highest BCUT2D eigenvalue weighted by atomic mass is 35.5. The van der Waals surface area contributed by atoms with E-state index in [0.29, 0.717) is 119 Å². The number of nitrogens with zero attached hydrogens (tertiary/aromatic N) is 16. The zero-order valence-electron chi connectivity index (χ0n) is 70.1. The summed E-state index contributed by atoms with van der Waals surface area (Å²) in [6.45, 7) is 31.3. The van der Waals surface area contributed by atoms with E-state index in [9.17, 15) is 20.4 Å². The van der Waals surface area contributed by atoms with Crippen molar-refractivity contribution in [3.05, 3.63) is 160 Å². The number of nitrogens with two attached hydrogens (primary N) is 4. The van der Waals surface area contributed by atoms with Crippen LogP contribution < -0.4 is 41.9 Å². The molecule has 0 bridgehead atoms. The summed E-state index contributed by atoms with van der Waals surface area (Å²) in [4.78, 5) is 52.0. The molecule has 28 nitrogen and oxygen atoms in total. The number of fused-ring (bicyclic) bond motifs is 4. The van der Waals surface area contributed by atoms with Crippen molar-refractivity contribution in [2.75, 3.05) is 51.4 Å². The lowest BCUT2D eigenvalue weighted by Crippen LogP contribution is -2.17. The molecule has 0 atom stereocenters. The molecule has 0 amide bonds. The Kier molecular flexibility index (Phi) is 29.2. The first-order valence-corrected chi connectivity index (χ1v) is 39.1. The summed E-state index contributed by atoms with van der Waals surface area (Å²) >= 11 is 25.5. The third kappa shape index (κ3) is 22.7. The zero-order valence-corrected chi connectivity index (χ0v) is 73.1. The Balaban J connectivity index is 0.000000179. The minimum atomic E-state index is -1.14. The highest BCUT2D eigenvalue weighted by Gasteiger charge is 2.25. The largest absolute Gasteiger partial charge is 0.496 e. The number of halogens is 4. The maximum atomic E-state index is 9.94. The van der Waals surface area contributed by atoms with Gasteiger partial charge in [0.25, 0.3) is 0 Å². The number of rotatable bonds is 18. The first-order valence-electron chi connectivity index (χ1n) is 37.5. The molecule has 12 heterocycles. The van der Waals surface area contributed by atoms with Crippen LogP contribution in [0, 0.1) is 103 Å². The maximum Gasteiger partial charge on any atom is 0.223 e. The molecular formula is C86H100Cl4N20O8. The van der Waals surface area contributed by atoms with E-state index in [1.54, 1.807) is 109 Å². The Bertz CT molecular complexity index is 6040. The number of aliphatic hydroxyl groups is 4. The lowest BCUT2D eigenvalue weighted by Gasteiger charge is -2.15. The molecule has 0 aliphatic heterocycles. The van der Waals surface area contributed by atoms with E-state index in [4.69, 9.17) is 88.3 Å². The molecular weight excluding hydrogens is 1580 g/mol. The first-order chi connectivity index (χ1) is 55.4. The maximum absolute atomic E-state index is 9.94. The van der Waals surface area contributed by atoms with Crippen molar-refractivity contribution < 1.29 is 39.4 Å². The lowest BCUT2D eigenvalue weighted by atomic mass is 10.0. The van der Waals surface area contributed by atoms with Crippen LogP contribution in [-0.2, 0) is 26.2 Å². The van der Waals surface area contributed by atoms with Crippen molar-refractivity contribution in [1.29, 1.82) is 0 Å². The molecule has 0 saturated carbocycles. The Hall–Kier alpha value is -11.3. The van der Waals surface area contributed by atoms with Gasteiger partial charge in [0, 0.05) is 113 Å². The first kappa shape index (κ1) is 90.6. The van der Waals surface area contributed by atoms with E-state index in [-0.39, 0.29) is 44.4 Å². The number of pyridine rings is 4. The highest BCUT2D eigenvalue weighted by molar-refractivity contribution is 6.36. The van der Waals surface area contributed by atoms with Crippen LogP contribution in [0.2, 0.25) is 20.6 Å². The Morgan fingerprint density at radius 1 is 0.364 bits per heavy atom. The van der Waals surface area contributed by atoms with Crippen molar-refractivity contribution in [1.82, 2.24) is 78.1 Å². The monoisotopic (exact) mass is 1680 g/mol. The average molecular weight is 1680 g/mol. The van der Waals surface area contributed by atoms with Crippen LogP contribution in [-0.4, -0.2) is 149 Å². The van der Waals surface area contributed by atoms with Crippen molar-refractivity contribution in [2.45, 2.75) is 198 Å². The third-order valence-electron chi connectivity index (χ3n) is 18.7. The summed E-state index contributed by atoms with van der Waals surface area (Å²) in [6, 6.07) is 0. The van der Waals surface area contributed by atoms with E-state index in [0.717, 1.165) is 102 Å². The molecule has 0 aliphatic carbocycles. The van der Waals surface area contributed by atoms with Gasteiger partial charge in [0.2, 0.25) is 23.8 Å². The quantitative estimate of drug-likeness (QED) is 0.0225. The van der Waals surface area contributed by atoms with Gasteiger partial charge in [-0.05, 0) is 130 Å². The predicted octanol–water partition coefficient (Wildman–Crippen LogP) is 13.8. The molecule has 12 rings (SSSR count). The summed E-state index contributed by atoms with van der Waals surface area (Å²) in [5.74, 6) is 28.0. The summed E-state index contributed by atoms with van der Waals surface area (Å²) in [5, 5.41) is 43.1. The molecule has 32 heteroatoms. The number of aromatic nitrogens is 16. The Labute approximate surface area is 706 Å². The van der Waals surface area contributed by atoms with Crippen LogP contribution in [0.5, 0.6) is 23.0 Å². The number of aryl methyl sites for hydroxylation is 4. The molecule has 118 heavy (non-hydrogen) atoms. The van der Waals surface area contributed by atoms with Crippen LogP contribution in [0.3, 0.4) is 0 Å². The molecule has 0 spiro atoms. The molecule has 0 aliphatic rings. The van der Waals surface area contributed by atoms with Crippen molar-refractivity contribution in [3.8, 4) is 70.4 Å². The third-order valence-corrected chi connectivity index (χ3v) is 19.8. The molecule has 0 aromatic carbocycles. The van der Waals surface area contributed by atoms with E-state index in [1.165, 1.54) is 0 Å². The smallest absolute Gasteiger partial charge is 0.223 e. The number of ether oxygens (including phenoxy) is 4. The SMILES string of the molecule is COc1c(C)cnc(Cn2cc(C#CC(C)(C)O)c3c(Cl)nc(N)nc32)c1C.COc1c(C)cnc(Cn2cc(C#CCC(C)(C)O)c3c(Cl)nc(N)nc32)c1C.COc1c(C)cnc(Cn2cc(C#CCCC(C)(C)O)c3c(Cl)nc(N)nc32)c1C.COc1c(C)cnc(Cn2cc(C#CCCCC(C)(C)O)c3c(Cl)nc(N)nc32)c1C. The molecule has 0 radical (unpaired) electrons. The molecule has 620 valence electrons. The van der Waals surface area contributed by atoms with Crippen molar-refractivity contribution in [3.63, 3.8) is 0 Å². The number of hydrogen-bond donors (Lipinski definition) is 8. The van der Waals surface area contributed by atoms with Crippen LogP contribution in [0.15, 0.2) is 49.6 Å². The van der Waals surface area contributed by atoms with Crippen LogP contribution in [0.25, 0.3) is 44.1 Å². The summed E-state index contributed by atoms with van der Waals surface area (Å²) < 4.78 is 29.7. The van der Waals surface area contributed by atoms with Crippen molar-refractivity contribution in [2.24, 2.45) is 0 Å². The standard InChI is InChI=1S/C23H28ClN5O2.C22H26ClN5O2.C21H24ClN5O2.C20H22ClN5O2/c1-14-11-26-17(15(2)19(14)31-5)13-29-12-16(9-7-6-8-10-23(3,4)30)18-20(24)27-22(25)28-21(18)29;1-13-10-25-16(14(2)18(13)30-5)12-28-11-15(8-6-7-9-22(3,4)29)17-19(23)26-21(24)27-20(17)28;1-12-9-24-15(13(2)17(12)29-5)11-27-10-14(7-6-8-21(3,4)28)16-18(22)25-20(23)26-19(16)27;1-11-8-23-14(12(2)16(11)28-5)10-26-9-13(6-7-20(3,4)27)15-17(21)24-19(22)25-18(15)26/h11-12,30H,6,8,10,13H2,1-5H3,(H2,25,27,28);10-11,29H,7,9,12H2,1-5H3,(H2,24,26,27);9-10,28H,8,11H2,1-5H3,(H2,23,25,26);8-9,27H,10H2,1-5H3,(H2,22,24,25). The zero-order chi connectivity index (χ0) is 86.8. The fraction of sp³-hybridized carbons (Fsp3) is 0.395. The van der Waals surface area contributed by atoms with Gasteiger partial charge in [0.15, 0.2) is 0 Å². The molecule has 12 aromatic heterocycles. The van der Waals surface area contributed by atoms with Crippen LogP contribution >= 0.6 is 46.4 Å². The second kappa shape index (κ2) is 38.0. The van der Waals surface area contributed by atoms with Gasteiger partial charge in [-0.3, -0.25) is 19.9 Å². The van der Waals surface area contributed by atoms with Gasteiger partial charge in [0.1, 0.15) is 71.8 Å². The van der Waals surface area contributed by atoms with E-state index < -0.39 is 22.4 Å². The highest BCUT2D eigenvalue weighted by Crippen LogP contribution is 2.36. The predicted molar refractivity (Wildman–Crippen MR) is 466 cm³/mol.